The van der Waals surface area contributed by atoms with Crippen LogP contribution in [0, 0.1) is 0 Å². The molecule has 90 valence electrons. The second kappa shape index (κ2) is 4.82. The molecule has 1 N–H and O–H groups in total. The van der Waals surface area contributed by atoms with Gasteiger partial charge in [0, 0.05) is 16.7 Å². The summed E-state index contributed by atoms with van der Waals surface area (Å²) in [5, 5.41) is 8.99. The molecule has 0 fully saturated rings. The van der Waals surface area contributed by atoms with Crippen molar-refractivity contribution in [3.63, 3.8) is 0 Å². The number of hydrogen-bond donors (Lipinski definition) is 1. The van der Waals surface area contributed by atoms with Crippen LogP contribution in [0.3, 0.4) is 0 Å². The Labute approximate surface area is 103 Å². The van der Waals surface area contributed by atoms with E-state index in [9.17, 15) is 0 Å². The van der Waals surface area contributed by atoms with Crippen molar-refractivity contribution in [2.45, 2.75) is 62.8 Å². The average molecular weight is 238 g/mol. The minimum absolute atomic E-state index is 0.409. The van der Waals surface area contributed by atoms with Crippen molar-refractivity contribution in [3.05, 3.63) is 11.3 Å². The molecule has 1 atom stereocenters. The molecule has 16 heavy (non-hydrogen) atoms. The van der Waals surface area contributed by atoms with E-state index < -0.39 is 0 Å². The second-order valence-electron chi connectivity index (χ2n) is 4.82. The van der Waals surface area contributed by atoms with Gasteiger partial charge in [-0.2, -0.15) is 5.10 Å². The maximum Gasteiger partial charge on any atom is 0.121 e. The summed E-state index contributed by atoms with van der Waals surface area (Å²) in [5.41, 5.74) is 3.37. The van der Waals surface area contributed by atoms with Gasteiger partial charge in [-0.05, 0) is 31.9 Å². The summed E-state index contributed by atoms with van der Waals surface area (Å²) in [6.07, 6.45) is 9.86. The van der Waals surface area contributed by atoms with Crippen molar-refractivity contribution in [1.29, 1.82) is 0 Å². The number of fused-ring (bicyclic) bond motifs is 1. The molecule has 1 aliphatic rings. The highest BCUT2D eigenvalue weighted by molar-refractivity contribution is 7.98. The first-order valence-electron chi connectivity index (χ1n) is 6.39. The van der Waals surface area contributed by atoms with Crippen LogP contribution in [0.25, 0.3) is 0 Å². The summed E-state index contributed by atoms with van der Waals surface area (Å²) in [5.74, 6) is 0. The zero-order chi connectivity index (χ0) is 11.6. The fraction of sp³-hybridized carbons (Fsp3) is 0.769. The Morgan fingerprint density at radius 2 is 2.25 bits per heavy atom. The summed E-state index contributed by atoms with van der Waals surface area (Å²) in [7, 11) is 0. The van der Waals surface area contributed by atoms with Gasteiger partial charge in [0.2, 0.25) is 0 Å². The van der Waals surface area contributed by atoms with Crippen LogP contribution in [0.5, 0.6) is 0 Å². The molecule has 0 saturated carbocycles. The summed E-state index contributed by atoms with van der Waals surface area (Å²) in [6.45, 7) is 4.60. The molecule has 0 spiro atoms. The Bertz CT molecular complexity index is 359. The first-order valence-corrected chi connectivity index (χ1v) is 7.61. The van der Waals surface area contributed by atoms with Crippen molar-refractivity contribution in [1.82, 2.24) is 10.2 Å². The van der Waals surface area contributed by atoms with Gasteiger partial charge in [-0.25, -0.2) is 0 Å². The lowest BCUT2D eigenvalue weighted by Gasteiger charge is -2.27. The van der Waals surface area contributed by atoms with Crippen molar-refractivity contribution in [3.8, 4) is 0 Å². The van der Waals surface area contributed by atoms with Crippen molar-refractivity contribution >= 4 is 11.8 Å². The molecular formula is C13H22N2S. The van der Waals surface area contributed by atoms with Gasteiger partial charge in [-0.15, -0.1) is 11.8 Å². The fourth-order valence-corrected chi connectivity index (χ4v) is 3.56. The van der Waals surface area contributed by atoms with Crippen molar-refractivity contribution in [2.75, 3.05) is 6.26 Å². The van der Waals surface area contributed by atoms with Crippen LogP contribution >= 0.6 is 11.8 Å². The van der Waals surface area contributed by atoms with Gasteiger partial charge in [-0.1, -0.05) is 26.7 Å². The third-order valence-corrected chi connectivity index (χ3v) is 4.82. The highest BCUT2D eigenvalue weighted by Crippen LogP contribution is 2.46. The van der Waals surface area contributed by atoms with Gasteiger partial charge in [0.05, 0.1) is 0 Å². The zero-order valence-electron chi connectivity index (χ0n) is 10.6. The first-order chi connectivity index (χ1) is 7.77. The standard InChI is InChI=1S/C13H22N2S/c1-4-6-8-13(5-2)9-7-10-11(13)14-15-12(10)16-3/h4-9H2,1-3H3,(H,14,15). The normalized spacial score (nSPS) is 23.7. The molecule has 0 saturated heterocycles. The van der Waals surface area contributed by atoms with Gasteiger partial charge in [0.15, 0.2) is 0 Å². The van der Waals surface area contributed by atoms with E-state index in [0.717, 1.165) is 0 Å². The van der Waals surface area contributed by atoms with E-state index in [1.165, 1.54) is 54.8 Å². The Hall–Kier alpha value is -0.440. The number of rotatable bonds is 5. The lowest BCUT2D eigenvalue weighted by atomic mass is 9.78. The number of thioether (sulfide) groups is 1. The van der Waals surface area contributed by atoms with Gasteiger partial charge in [0.25, 0.3) is 0 Å². The lowest BCUT2D eigenvalue weighted by molar-refractivity contribution is 0.354. The van der Waals surface area contributed by atoms with E-state index >= 15 is 0 Å². The van der Waals surface area contributed by atoms with E-state index in [1.54, 1.807) is 11.8 Å². The first kappa shape index (κ1) is 12.0. The van der Waals surface area contributed by atoms with Gasteiger partial charge >= 0.3 is 0 Å². The predicted molar refractivity (Wildman–Crippen MR) is 70.2 cm³/mol. The van der Waals surface area contributed by atoms with Crippen LogP contribution in [0.2, 0.25) is 0 Å². The number of hydrogen-bond acceptors (Lipinski definition) is 2. The second-order valence-corrected chi connectivity index (χ2v) is 5.62. The minimum Gasteiger partial charge on any atom is -0.281 e. The van der Waals surface area contributed by atoms with Crippen LogP contribution in [0.1, 0.15) is 57.2 Å². The molecular weight excluding hydrogens is 216 g/mol. The van der Waals surface area contributed by atoms with Gasteiger partial charge in [-0.3, -0.25) is 5.10 Å². The molecule has 2 rings (SSSR count). The Kier molecular flexibility index (Phi) is 3.63. The maximum absolute atomic E-state index is 4.45. The highest BCUT2D eigenvalue weighted by Gasteiger charge is 2.39. The summed E-state index contributed by atoms with van der Waals surface area (Å²) >= 11 is 1.77. The quantitative estimate of drug-likeness (QED) is 0.788. The molecule has 0 amide bonds. The largest absolute Gasteiger partial charge is 0.281 e. The van der Waals surface area contributed by atoms with E-state index in [1.807, 2.05) is 0 Å². The number of unbranched alkanes of at least 4 members (excludes halogenated alkanes) is 1. The molecule has 1 heterocycles. The number of nitrogens with zero attached hydrogens (tertiary/aromatic N) is 1. The molecule has 0 aliphatic heterocycles. The van der Waals surface area contributed by atoms with Crippen LogP contribution in [-0.4, -0.2) is 16.5 Å². The Balaban J connectivity index is 2.28. The third-order valence-electron chi connectivity index (χ3n) is 4.09. The van der Waals surface area contributed by atoms with E-state index in [2.05, 4.69) is 30.3 Å². The van der Waals surface area contributed by atoms with Crippen LogP contribution in [0.15, 0.2) is 5.03 Å². The van der Waals surface area contributed by atoms with E-state index in [4.69, 9.17) is 0 Å². The Morgan fingerprint density at radius 3 is 2.88 bits per heavy atom. The highest BCUT2D eigenvalue weighted by atomic mass is 32.2. The van der Waals surface area contributed by atoms with Crippen molar-refractivity contribution < 1.29 is 0 Å². The predicted octanol–water partition coefficient (Wildman–Crippen LogP) is 3.92. The lowest BCUT2D eigenvalue weighted by Crippen LogP contribution is -2.22. The number of aromatic nitrogens is 2. The fourth-order valence-electron chi connectivity index (χ4n) is 2.97. The number of H-pyrrole nitrogens is 1. The topological polar surface area (TPSA) is 28.7 Å². The van der Waals surface area contributed by atoms with Crippen LogP contribution < -0.4 is 0 Å². The minimum atomic E-state index is 0.409. The molecule has 1 aliphatic carbocycles. The third kappa shape index (κ3) is 1.79. The molecule has 2 nitrogen and oxygen atoms in total. The van der Waals surface area contributed by atoms with E-state index in [-0.39, 0.29) is 0 Å². The summed E-state index contributed by atoms with van der Waals surface area (Å²) in [4.78, 5) is 0. The SMILES string of the molecule is CCCCC1(CC)CCc2c(SC)n[nH]c21. The molecule has 0 bridgehead atoms. The zero-order valence-corrected chi connectivity index (χ0v) is 11.4. The van der Waals surface area contributed by atoms with Gasteiger partial charge in [0.1, 0.15) is 5.03 Å². The van der Waals surface area contributed by atoms with Crippen LogP contribution in [0.4, 0.5) is 0 Å². The summed E-state index contributed by atoms with van der Waals surface area (Å²) < 4.78 is 0. The smallest absolute Gasteiger partial charge is 0.121 e. The molecule has 1 aromatic heterocycles. The van der Waals surface area contributed by atoms with Crippen molar-refractivity contribution in [2.24, 2.45) is 0 Å². The maximum atomic E-state index is 4.45. The molecule has 3 heteroatoms. The van der Waals surface area contributed by atoms with E-state index in [0.29, 0.717) is 5.41 Å². The molecule has 0 radical (unpaired) electrons. The molecule has 0 aromatic carbocycles. The Morgan fingerprint density at radius 1 is 1.44 bits per heavy atom. The average Bonchev–Trinajstić information content (AvgIpc) is 2.87. The molecule has 1 unspecified atom stereocenters. The molecule has 1 aromatic rings. The van der Waals surface area contributed by atoms with Crippen LogP contribution in [-0.2, 0) is 11.8 Å². The summed E-state index contributed by atoms with van der Waals surface area (Å²) in [6, 6.07) is 0. The number of nitrogens with one attached hydrogen (secondary N) is 1. The monoisotopic (exact) mass is 238 g/mol. The number of aromatic amines is 1. The van der Waals surface area contributed by atoms with Gasteiger partial charge < -0.3 is 0 Å².